The first-order chi connectivity index (χ1) is 9.65. The van der Waals surface area contributed by atoms with E-state index in [0.29, 0.717) is 11.8 Å². The van der Waals surface area contributed by atoms with Crippen LogP contribution in [-0.2, 0) is 13.1 Å². The summed E-state index contributed by atoms with van der Waals surface area (Å²) in [6.07, 6.45) is 4.41. The molecule has 0 aliphatic carbocycles. The molecule has 1 unspecified atom stereocenters. The minimum absolute atomic E-state index is 0.601. The standard InChI is InChI=1S/C15H29N5/c1-13(2)10-20-15(17-12-18-20)9-16-8-14(3)11-19-6-4-5-7-19/h12-14,16H,4-11H2,1-3H3. The van der Waals surface area contributed by atoms with E-state index in [1.165, 1.54) is 32.5 Å². The van der Waals surface area contributed by atoms with E-state index in [1.54, 1.807) is 6.33 Å². The van der Waals surface area contributed by atoms with Crippen LogP contribution in [0.2, 0.25) is 0 Å². The molecule has 1 aliphatic rings. The van der Waals surface area contributed by atoms with Crippen LogP contribution in [0.1, 0.15) is 39.4 Å². The summed E-state index contributed by atoms with van der Waals surface area (Å²) in [5, 5.41) is 7.82. The molecule has 1 aliphatic heterocycles. The van der Waals surface area contributed by atoms with Gasteiger partial charge in [-0.25, -0.2) is 9.67 Å². The van der Waals surface area contributed by atoms with Gasteiger partial charge in [-0.1, -0.05) is 20.8 Å². The first-order valence-corrected chi connectivity index (χ1v) is 7.95. The second kappa shape index (κ2) is 7.74. The van der Waals surface area contributed by atoms with Crippen molar-refractivity contribution in [1.82, 2.24) is 25.0 Å². The number of nitrogens with zero attached hydrogens (tertiary/aromatic N) is 4. The third kappa shape index (κ3) is 4.87. The molecular weight excluding hydrogens is 250 g/mol. The molecule has 5 heteroatoms. The zero-order chi connectivity index (χ0) is 14.4. The van der Waals surface area contributed by atoms with E-state index in [-0.39, 0.29) is 0 Å². The Bertz CT molecular complexity index is 381. The highest BCUT2D eigenvalue weighted by atomic mass is 15.3. The van der Waals surface area contributed by atoms with Gasteiger partial charge in [0, 0.05) is 13.1 Å². The summed E-state index contributed by atoms with van der Waals surface area (Å²) in [4.78, 5) is 6.93. The summed E-state index contributed by atoms with van der Waals surface area (Å²) in [5.41, 5.74) is 0. The van der Waals surface area contributed by atoms with Gasteiger partial charge in [-0.3, -0.25) is 0 Å². The molecule has 0 radical (unpaired) electrons. The van der Waals surface area contributed by atoms with E-state index >= 15 is 0 Å². The van der Waals surface area contributed by atoms with Gasteiger partial charge in [0.1, 0.15) is 12.2 Å². The maximum Gasteiger partial charge on any atom is 0.140 e. The van der Waals surface area contributed by atoms with Crippen LogP contribution in [0.3, 0.4) is 0 Å². The predicted molar refractivity (Wildman–Crippen MR) is 81.4 cm³/mol. The smallest absolute Gasteiger partial charge is 0.140 e. The van der Waals surface area contributed by atoms with Gasteiger partial charge in [-0.15, -0.1) is 0 Å². The van der Waals surface area contributed by atoms with Crippen molar-refractivity contribution in [3.63, 3.8) is 0 Å². The lowest BCUT2D eigenvalue weighted by Crippen LogP contribution is -2.32. The average molecular weight is 279 g/mol. The Labute approximate surface area is 122 Å². The molecule has 0 aromatic carbocycles. The number of hydrogen-bond acceptors (Lipinski definition) is 4. The minimum atomic E-state index is 0.601. The molecule has 1 atom stereocenters. The van der Waals surface area contributed by atoms with E-state index in [2.05, 4.69) is 41.1 Å². The van der Waals surface area contributed by atoms with Gasteiger partial charge in [0.05, 0.1) is 6.54 Å². The number of hydrogen-bond donors (Lipinski definition) is 1. The second-order valence-electron chi connectivity index (χ2n) is 6.50. The van der Waals surface area contributed by atoms with Crippen LogP contribution in [-0.4, -0.2) is 45.8 Å². The van der Waals surface area contributed by atoms with E-state index in [4.69, 9.17) is 0 Å². The summed E-state index contributed by atoms with van der Waals surface area (Å²) >= 11 is 0. The molecule has 0 spiro atoms. The van der Waals surface area contributed by atoms with Crippen LogP contribution >= 0.6 is 0 Å². The zero-order valence-corrected chi connectivity index (χ0v) is 13.2. The summed E-state index contributed by atoms with van der Waals surface area (Å²) in [6, 6.07) is 0. The maximum atomic E-state index is 4.35. The topological polar surface area (TPSA) is 46.0 Å². The SMILES string of the molecule is CC(C)Cn1ncnc1CNCC(C)CN1CCCC1. The fourth-order valence-corrected chi connectivity index (χ4v) is 2.82. The third-order valence-corrected chi connectivity index (χ3v) is 3.78. The van der Waals surface area contributed by atoms with Gasteiger partial charge in [-0.2, -0.15) is 5.10 Å². The van der Waals surface area contributed by atoms with Gasteiger partial charge in [0.25, 0.3) is 0 Å². The normalized spacial score (nSPS) is 18.0. The van der Waals surface area contributed by atoms with Gasteiger partial charge in [-0.05, 0) is 44.3 Å². The van der Waals surface area contributed by atoms with E-state index in [1.807, 2.05) is 4.68 Å². The van der Waals surface area contributed by atoms with Gasteiger partial charge in [0.2, 0.25) is 0 Å². The van der Waals surface area contributed by atoms with Crippen molar-refractivity contribution in [2.24, 2.45) is 11.8 Å². The minimum Gasteiger partial charge on any atom is -0.310 e. The molecule has 2 heterocycles. The lowest BCUT2D eigenvalue weighted by molar-refractivity contribution is 0.282. The van der Waals surface area contributed by atoms with E-state index in [9.17, 15) is 0 Å². The van der Waals surface area contributed by atoms with Crippen LogP contribution in [0.5, 0.6) is 0 Å². The van der Waals surface area contributed by atoms with Crippen molar-refractivity contribution in [1.29, 1.82) is 0 Å². The van der Waals surface area contributed by atoms with Crippen LogP contribution in [0.4, 0.5) is 0 Å². The molecule has 114 valence electrons. The summed E-state index contributed by atoms with van der Waals surface area (Å²) in [7, 11) is 0. The van der Waals surface area contributed by atoms with Crippen molar-refractivity contribution in [3.05, 3.63) is 12.2 Å². The first-order valence-electron chi connectivity index (χ1n) is 7.95. The van der Waals surface area contributed by atoms with Gasteiger partial charge < -0.3 is 10.2 Å². The first kappa shape index (κ1) is 15.4. The number of likely N-dealkylation sites (tertiary alicyclic amines) is 1. The monoisotopic (exact) mass is 279 g/mol. The van der Waals surface area contributed by atoms with E-state index < -0.39 is 0 Å². The Hall–Kier alpha value is -0.940. The van der Waals surface area contributed by atoms with Gasteiger partial charge >= 0.3 is 0 Å². The van der Waals surface area contributed by atoms with Crippen LogP contribution in [0.15, 0.2) is 6.33 Å². The Morgan fingerprint density at radius 2 is 1.95 bits per heavy atom. The molecule has 1 saturated heterocycles. The van der Waals surface area contributed by atoms with Crippen molar-refractivity contribution in [2.45, 2.75) is 46.7 Å². The van der Waals surface area contributed by atoms with Crippen LogP contribution < -0.4 is 5.32 Å². The lowest BCUT2D eigenvalue weighted by Gasteiger charge is -2.20. The fourth-order valence-electron chi connectivity index (χ4n) is 2.82. The fraction of sp³-hybridized carbons (Fsp3) is 0.867. The highest BCUT2D eigenvalue weighted by Crippen LogP contribution is 2.09. The third-order valence-electron chi connectivity index (χ3n) is 3.78. The molecule has 1 fully saturated rings. The molecule has 0 bridgehead atoms. The summed E-state index contributed by atoms with van der Waals surface area (Å²) in [6.45, 7) is 13.3. The number of rotatable bonds is 8. The molecule has 5 nitrogen and oxygen atoms in total. The quantitative estimate of drug-likeness (QED) is 0.787. The Kier molecular flexibility index (Phi) is 5.98. The zero-order valence-electron chi connectivity index (χ0n) is 13.2. The highest BCUT2D eigenvalue weighted by molar-refractivity contribution is 4.84. The predicted octanol–water partition coefficient (Wildman–Crippen LogP) is 1.76. The molecule has 1 aromatic heterocycles. The maximum absolute atomic E-state index is 4.35. The van der Waals surface area contributed by atoms with Crippen molar-refractivity contribution in [3.8, 4) is 0 Å². The Balaban J connectivity index is 1.68. The molecule has 2 rings (SSSR count). The number of aromatic nitrogens is 3. The Morgan fingerprint density at radius 1 is 1.20 bits per heavy atom. The largest absolute Gasteiger partial charge is 0.310 e. The number of nitrogens with one attached hydrogen (secondary N) is 1. The second-order valence-corrected chi connectivity index (χ2v) is 6.50. The molecule has 0 amide bonds. The average Bonchev–Trinajstić information content (AvgIpc) is 3.01. The molecule has 20 heavy (non-hydrogen) atoms. The Morgan fingerprint density at radius 3 is 2.65 bits per heavy atom. The highest BCUT2D eigenvalue weighted by Gasteiger charge is 2.14. The van der Waals surface area contributed by atoms with Crippen molar-refractivity contribution >= 4 is 0 Å². The summed E-state index contributed by atoms with van der Waals surface area (Å²) < 4.78 is 2.02. The molecule has 0 saturated carbocycles. The van der Waals surface area contributed by atoms with Crippen molar-refractivity contribution < 1.29 is 0 Å². The molecule has 1 aromatic rings. The summed E-state index contributed by atoms with van der Waals surface area (Å²) in [5.74, 6) is 2.34. The lowest BCUT2D eigenvalue weighted by atomic mass is 10.1. The van der Waals surface area contributed by atoms with Gasteiger partial charge in [0.15, 0.2) is 0 Å². The molecule has 1 N–H and O–H groups in total. The van der Waals surface area contributed by atoms with Crippen molar-refractivity contribution in [2.75, 3.05) is 26.2 Å². The van der Waals surface area contributed by atoms with Crippen LogP contribution in [0, 0.1) is 11.8 Å². The van der Waals surface area contributed by atoms with E-state index in [0.717, 1.165) is 25.5 Å². The molecular formula is C15H29N5. The van der Waals surface area contributed by atoms with Crippen LogP contribution in [0.25, 0.3) is 0 Å².